The molecule has 8 nitrogen and oxygen atoms in total. The van der Waals surface area contributed by atoms with Gasteiger partial charge in [-0.1, -0.05) is 55.8 Å². The van der Waals surface area contributed by atoms with Gasteiger partial charge in [-0.05, 0) is 78.0 Å². The highest BCUT2D eigenvalue weighted by atomic mass is 79.9. The third-order valence-electron chi connectivity index (χ3n) is 6.16. The Hall–Kier alpha value is -2.69. The Morgan fingerprint density at radius 3 is 2.62 bits per heavy atom. The maximum absolute atomic E-state index is 13.4. The third kappa shape index (κ3) is 7.14. The maximum atomic E-state index is 13.4. The molecule has 0 amide bonds. The number of nitrogens with one attached hydrogen (secondary N) is 1. The van der Waals surface area contributed by atoms with Gasteiger partial charge in [0.1, 0.15) is 12.6 Å². The fourth-order valence-electron chi connectivity index (χ4n) is 4.23. The summed E-state index contributed by atoms with van der Waals surface area (Å²) in [6.45, 7) is 9.08. The zero-order chi connectivity index (χ0) is 28.6. The first-order valence-electron chi connectivity index (χ1n) is 13.4. The third-order valence-corrected chi connectivity index (χ3v) is 8.05. The van der Waals surface area contributed by atoms with Gasteiger partial charge < -0.3 is 19.5 Å². The average molecular weight is 650 g/mol. The van der Waals surface area contributed by atoms with Crippen LogP contribution in [0.4, 0.5) is 5.95 Å². The molecule has 1 N–H and O–H groups in total. The first-order valence-corrected chi connectivity index (χ1v) is 15.6. The summed E-state index contributed by atoms with van der Waals surface area (Å²) in [7, 11) is 0. The molecule has 1 aliphatic rings. The second kappa shape index (κ2) is 14.3. The minimum atomic E-state index is -0.574. The van der Waals surface area contributed by atoms with Crippen LogP contribution in [0, 0.1) is 0 Å². The van der Waals surface area contributed by atoms with E-state index in [0.29, 0.717) is 63.2 Å². The highest BCUT2D eigenvalue weighted by molar-refractivity contribution is 9.10. The van der Waals surface area contributed by atoms with Crippen molar-refractivity contribution in [2.24, 2.45) is 0 Å². The zero-order valence-electron chi connectivity index (χ0n) is 23.1. The molecule has 0 radical (unpaired) electrons. The summed E-state index contributed by atoms with van der Waals surface area (Å²) < 4.78 is 20.4. The predicted octanol–water partition coefficient (Wildman–Crippen LogP) is 7.81. The molecule has 1 aliphatic heterocycles. The normalized spacial score (nSPS) is 14.5. The number of allylic oxidation sites excluding steroid dienone is 1. The van der Waals surface area contributed by atoms with Crippen LogP contribution in [0.15, 0.2) is 57.3 Å². The Bertz CT molecular complexity index is 1360. The Labute approximate surface area is 252 Å². The van der Waals surface area contributed by atoms with Crippen molar-refractivity contribution in [1.82, 2.24) is 14.8 Å². The summed E-state index contributed by atoms with van der Waals surface area (Å²) in [5.74, 6) is 2.21. The minimum absolute atomic E-state index is 0.335. The van der Waals surface area contributed by atoms with E-state index in [1.807, 2.05) is 50.2 Å². The topological polar surface area (TPSA) is 87.5 Å². The lowest BCUT2D eigenvalue weighted by Gasteiger charge is -2.29. The number of fused-ring (bicyclic) bond motifs is 1. The quantitative estimate of drug-likeness (QED) is 0.114. The standard InChI is InChI=1S/C29H34BrClN4O4S/c1-5-8-13-38-27(36)24-18(4)32-28-33-29(40-14-6-2)34-35(28)25(24)20-15-22(30)26(23(16-20)37-7-3)39-17-19-9-11-21(31)12-10-19/h9-12,15-16,25H,5-8,13-14,17H2,1-4H3,(H,32,33,34). The van der Waals surface area contributed by atoms with Crippen LogP contribution in [0.3, 0.4) is 0 Å². The number of nitrogens with zero attached hydrogens (tertiary/aromatic N) is 3. The van der Waals surface area contributed by atoms with E-state index in [1.54, 1.807) is 16.4 Å². The SMILES string of the molecule is CCCCOC(=O)C1=C(C)Nc2nc(SCCC)nn2C1c1cc(Br)c(OCc2ccc(Cl)cc2)c(OCC)c1. The average Bonchev–Trinajstić information content (AvgIpc) is 3.34. The molecule has 0 aliphatic carbocycles. The largest absolute Gasteiger partial charge is 0.490 e. The summed E-state index contributed by atoms with van der Waals surface area (Å²) in [5, 5.41) is 9.37. The van der Waals surface area contributed by atoms with E-state index in [1.165, 1.54) is 0 Å². The molecule has 3 aromatic rings. The predicted molar refractivity (Wildman–Crippen MR) is 162 cm³/mol. The second-order valence-corrected chi connectivity index (χ2v) is 11.6. The van der Waals surface area contributed by atoms with Crippen molar-refractivity contribution in [3.05, 3.63) is 68.3 Å². The highest BCUT2D eigenvalue weighted by Gasteiger charge is 2.36. The van der Waals surface area contributed by atoms with E-state index in [2.05, 4.69) is 35.1 Å². The first kappa shape index (κ1) is 30.3. The van der Waals surface area contributed by atoms with E-state index in [-0.39, 0.29) is 5.97 Å². The summed E-state index contributed by atoms with van der Waals surface area (Å²) in [6, 6.07) is 10.8. The van der Waals surface area contributed by atoms with Gasteiger partial charge in [-0.2, -0.15) is 4.98 Å². The number of hydrogen-bond donors (Lipinski definition) is 1. The first-order chi connectivity index (χ1) is 19.4. The molecule has 0 fully saturated rings. The monoisotopic (exact) mass is 648 g/mol. The Morgan fingerprint density at radius 1 is 1.15 bits per heavy atom. The summed E-state index contributed by atoms with van der Waals surface area (Å²) >= 11 is 11.3. The van der Waals surface area contributed by atoms with Crippen molar-refractivity contribution in [2.45, 2.75) is 64.8 Å². The summed E-state index contributed by atoms with van der Waals surface area (Å²) in [5.41, 5.74) is 2.91. The molecular weight excluding hydrogens is 616 g/mol. The van der Waals surface area contributed by atoms with Crippen molar-refractivity contribution in [3.63, 3.8) is 0 Å². The van der Waals surface area contributed by atoms with Crippen molar-refractivity contribution < 1.29 is 19.0 Å². The number of carbonyl (C=O) groups excluding carboxylic acids is 1. The number of anilines is 1. The number of hydrogen-bond acceptors (Lipinski definition) is 8. The number of ether oxygens (including phenoxy) is 3. The van der Waals surface area contributed by atoms with Crippen molar-refractivity contribution in [1.29, 1.82) is 0 Å². The second-order valence-electron chi connectivity index (χ2n) is 9.24. The number of aromatic nitrogens is 3. The lowest BCUT2D eigenvalue weighted by atomic mass is 9.95. The number of rotatable bonds is 13. The van der Waals surface area contributed by atoms with E-state index in [0.717, 1.165) is 36.1 Å². The number of esters is 1. The summed E-state index contributed by atoms with van der Waals surface area (Å²) in [6.07, 6.45) is 2.72. The molecule has 1 aromatic heterocycles. The van der Waals surface area contributed by atoms with E-state index in [9.17, 15) is 4.79 Å². The van der Waals surface area contributed by atoms with Crippen LogP contribution in [-0.4, -0.2) is 39.7 Å². The van der Waals surface area contributed by atoms with Crippen LogP contribution in [0.5, 0.6) is 11.5 Å². The number of unbranched alkanes of at least 4 members (excludes halogenated alkanes) is 1. The van der Waals surface area contributed by atoms with Crippen molar-refractivity contribution >= 4 is 51.2 Å². The van der Waals surface area contributed by atoms with Crippen LogP contribution >= 0.6 is 39.3 Å². The van der Waals surface area contributed by atoms with Gasteiger partial charge in [-0.25, -0.2) is 9.48 Å². The summed E-state index contributed by atoms with van der Waals surface area (Å²) in [4.78, 5) is 18.1. The van der Waals surface area contributed by atoms with Crippen LogP contribution in [0.2, 0.25) is 5.02 Å². The van der Waals surface area contributed by atoms with E-state index in [4.69, 9.17) is 35.9 Å². The lowest BCUT2D eigenvalue weighted by molar-refractivity contribution is -0.139. The molecule has 2 heterocycles. The fraction of sp³-hybridized carbons (Fsp3) is 0.414. The molecule has 2 aromatic carbocycles. The number of thioether (sulfide) groups is 1. The van der Waals surface area contributed by atoms with E-state index < -0.39 is 6.04 Å². The molecule has 0 saturated carbocycles. The highest BCUT2D eigenvalue weighted by Crippen LogP contribution is 2.43. The molecule has 214 valence electrons. The van der Waals surface area contributed by atoms with Gasteiger partial charge in [0, 0.05) is 16.5 Å². The Morgan fingerprint density at radius 2 is 1.93 bits per heavy atom. The molecule has 1 atom stereocenters. The van der Waals surface area contributed by atoms with Crippen LogP contribution in [-0.2, 0) is 16.1 Å². The van der Waals surface area contributed by atoms with Gasteiger partial charge in [-0.3, -0.25) is 0 Å². The molecule has 0 spiro atoms. The van der Waals surface area contributed by atoms with Crippen LogP contribution < -0.4 is 14.8 Å². The Kier molecular flexibility index (Phi) is 10.8. The molecule has 11 heteroatoms. The lowest BCUT2D eigenvalue weighted by Crippen LogP contribution is -2.30. The van der Waals surface area contributed by atoms with Crippen molar-refractivity contribution in [2.75, 3.05) is 24.3 Å². The van der Waals surface area contributed by atoms with Gasteiger partial charge in [0.05, 0.1) is 23.3 Å². The number of benzene rings is 2. The van der Waals surface area contributed by atoms with Gasteiger partial charge in [-0.15, -0.1) is 5.10 Å². The molecule has 0 saturated heterocycles. The fourth-order valence-corrected chi connectivity index (χ4v) is 5.61. The number of halogens is 2. The van der Waals surface area contributed by atoms with E-state index >= 15 is 0 Å². The minimum Gasteiger partial charge on any atom is -0.490 e. The van der Waals surface area contributed by atoms with Gasteiger partial charge >= 0.3 is 5.97 Å². The molecular formula is C29H34BrClN4O4S. The van der Waals surface area contributed by atoms with Crippen LogP contribution in [0.25, 0.3) is 0 Å². The Balaban J connectivity index is 1.75. The van der Waals surface area contributed by atoms with Gasteiger partial charge in [0.25, 0.3) is 0 Å². The zero-order valence-corrected chi connectivity index (χ0v) is 26.3. The van der Waals surface area contributed by atoms with Gasteiger partial charge in [0.2, 0.25) is 11.1 Å². The maximum Gasteiger partial charge on any atom is 0.338 e. The van der Waals surface area contributed by atoms with Gasteiger partial charge in [0.15, 0.2) is 11.5 Å². The van der Waals surface area contributed by atoms with Crippen molar-refractivity contribution in [3.8, 4) is 11.5 Å². The molecule has 4 rings (SSSR count). The molecule has 1 unspecified atom stereocenters. The number of carbonyl (C=O) groups is 1. The molecule has 0 bridgehead atoms. The smallest absolute Gasteiger partial charge is 0.338 e. The van der Waals surface area contributed by atoms with Crippen LogP contribution in [0.1, 0.15) is 64.1 Å². The molecule has 40 heavy (non-hydrogen) atoms.